The standard InChI is InChI=1S/C25H24N6O/c32-23-13-7-12-22-20-14-18(16-30(22)23)15-29(17-20)24(19-8-3-1-4-9-19)25-26-27-28-31(25)21-10-5-2-6-11-21/h1-13,18,20,24H,14-17H2/t18-,20-,24?/m0/s1. The zero-order valence-electron chi connectivity index (χ0n) is 17.7. The number of para-hydroxylation sites is 1. The van der Waals surface area contributed by atoms with Gasteiger partial charge in [-0.15, -0.1) is 5.10 Å². The Morgan fingerprint density at radius 2 is 1.62 bits per heavy atom. The molecule has 0 radical (unpaired) electrons. The molecule has 1 fully saturated rings. The van der Waals surface area contributed by atoms with Crippen molar-refractivity contribution < 1.29 is 0 Å². The molecule has 0 saturated carbocycles. The van der Waals surface area contributed by atoms with Gasteiger partial charge in [0.15, 0.2) is 5.82 Å². The second-order valence-corrected chi connectivity index (χ2v) is 8.75. The zero-order chi connectivity index (χ0) is 21.5. The van der Waals surface area contributed by atoms with Gasteiger partial charge in [0, 0.05) is 37.3 Å². The van der Waals surface area contributed by atoms with Gasteiger partial charge in [0.25, 0.3) is 5.56 Å². The van der Waals surface area contributed by atoms with Crippen LogP contribution in [0.25, 0.3) is 5.69 Å². The van der Waals surface area contributed by atoms with Crippen molar-refractivity contribution in [1.82, 2.24) is 29.7 Å². The summed E-state index contributed by atoms with van der Waals surface area (Å²) in [6.45, 7) is 2.53. The summed E-state index contributed by atoms with van der Waals surface area (Å²) in [5.41, 5.74) is 3.37. The van der Waals surface area contributed by atoms with Gasteiger partial charge in [0.2, 0.25) is 0 Å². The summed E-state index contributed by atoms with van der Waals surface area (Å²) in [4.78, 5) is 14.9. The maximum absolute atomic E-state index is 12.4. The van der Waals surface area contributed by atoms with Crippen LogP contribution < -0.4 is 5.56 Å². The third kappa shape index (κ3) is 3.26. The zero-order valence-corrected chi connectivity index (χ0v) is 17.7. The molecule has 160 valence electrons. The predicted molar refractivity (Wildman–Crippen MR) is 121 cm³/mol. The van der Waals surface area contributed by atoms with Crippen molar-refractivity contribution >= 4 is 0 Å². The highest BCUT2D eigenvalue weighted by Gasteiger charge is 2.39. The van der Waals surface area contributed by atoms with Crippen LogP contribution in [-0.2, 0) is 6.54 Å². The summed E-state index contributed by atoms with van der Waals surface area (Å²) in [7, 11) is 0. The minimum atomic E-state index is -0.0707. The Kier molecular flexibility index (Phi) is 4.69. The molecule has 0 aliphatic carbocycles. The summed E-state index contributed by atoms with van der Waals surface area (Å²) in [5.74, 6) is 1.56. The van der Waals surface area contributed by atoms with Gasteiger partial charge in [0.05, 0.1) is 11.7 Å². The molecule has 2 aromatic carbocycles. The van der Waals surface area contributed by atoms with Gasteiger partial charge in [-0.05, 0) is 46.5 Å². The van der Waals surface area contributed by atoms with E-state index in [1.807, 2.05) is 51.7 Å². The van der Waals surface area contributed by atoms with E-state index in [4.69, 9.17) is 0 Å². The van der Waals surface area contributed by atoms with Crippen molar-refractivity contribution in [2.24, 2.45) is 5.92 Å². The first kappa shape index (κ1) is 19.1. The second kappa shape index (κ2) is 7.84. The number of aromatic nitrogens is 5. The normalized spacial score (nSPS) is 21.1. The van der Waals surface area contributed by atoms with Crippen LogP contribution >= 0.6 is 0 Å². The first-order chi connectivity index (χ1) is 15.8. The molecule has 2 aliphatic rings. The highest BCUT2D eigenvalue weighted by Crippen LogP contribution is 2.40. The summed E-state index contributed by atoms with van der Waals surface area (Å²) in [6.07, 6.45) is 1.12. The third-order valence-electron chi connectivity index (χ3n) is 6.73. The van der Waals surface area contributed by atoms with E-state index in [1.165, 1.54) is 5.56 Å². The first-order valence-corrected chi connectivity index (χ1v) is 11.1. The van der Waals surface area contributed by atoms with E-state index < -0.39 is 0 Å². The number of hydrogen-bond donors (Lipinski definition) is 0. The molecule has 2 bridgehead atoms. The average molecular weight is 425 g/mol. The van der Waals surface area contributed by atoms with Gasteiger partial charge >= 0.3 is 0 Å². The fourth-order valence-electron chi connectivity index (χ4n) is 5.42. The lowest BCUT2D eigenvalue weighted by atomic mass is 9.82. The maximum atomic E-state index is 12.4. The Balaban J connectivity index is 1.43. The summed E-state index contributed by atoms with van der Waals surface area (Å²) >= 11 is 0. The number of fused-ring (bicyclic) bond motifs is 4. The Morgan fingerprint density at radius 1 is 0.844 bits per heavy atom. The van der Waals surface area contributed by atoms with Gasteiger partial charge < -0.3 is 4.57 Å². The molecule has 1 saturated heterocycles. The number of nitrogens with zero attached hydrogens (tertiary/aromatic N) is 6. The summed E-state index contributed by atoms with van der Waals surface area (Å²) in [6, 6.07) is 26.1. The lowest BCUT2D eigenvalue weighted by molar-refractivity contribution is 0.0913. The number of benzene rings is 2. The number of tetrazole rings is 1. The molecule has 7 nitrogen and oxygen atoms in total. The van der Waals surface area contributed by atoms with E-state index in [0.717, 1.165) is 43.3 Å². The molecule has 0 N–H and O–H groups in total. The fourth-order valence-corrected chi connectivity index (χ4v) is 5.42. The van der Waals surface area contributed by atoms with Crippen LogP contribution in [0.1, 0.15) is 35.5 Å². The Hall–Kier alpha value is -3.58. The molecule has 32 heavy (non-hydrogen) atoms. The van der Waals surface area contributed by atoms with Crippen molar-refractivity contribution in [2.75, 3.05) is 13.1 Å². The summed E-state index contributed by atoms with van der Waals surface area (Å²) < 4.78 is 3.82. The third-order valence-corrected chi connectivity index (χ3v) is 6.73. The molecule has 3 atom stereocenters. The smallest absolute Gasteiger partial charge is 0.250 e. The van der Waals surface area contributed by atoms with E-state index in [2.05, 4.69) is 50.8 Å². The van der Waals surface area contributed by atoms with E-state index in [0.29, 0.717) is 11.8 Å². The second-order valence-electron chi connectivity index (χ2n) is 8.75. The monoisotopic (exact) mass is 424 g/mol. The van der Waals surface area contributed by atoms with Crippen LogP contribution in [0.4, 0.5) is 0 Å². The Labute approximate surface area is 185 Å². The van der Waals surface area contributed by atoms with Crippen LogP contribution in [0.2, 0.25) is 0 Å². The van der Waals surface area contributed by atoms with Crippen molar-refractivity contribution in [1.29, 1.82) is 0 Å². The van der Waals surface area contributed by atoms with Crippen molar-refractivity contribution in [2.45, 2.75) is 24.9 Å². The van der Waals surface area contributed by atoms with Crippen LogP contribution in [0.15, 0.2) is 83.7 Å². The van der Waals surface area contributed by atoms with Gasteiger partial charge in [-0.25, -0.2) is 0 Å². The molecule has 1 unspecified atom stereocenters. The van der Waals surface area contributed by atoms with Gasteiger partial charge in [-0.1, -0.05) is 54.6 Å². The molecule has 2 aliphatic heterocycles. The summed E-state index contributed by atoms with van der Waals surface area (Å²) in [5, 5.41) is 12.9. The Bertz CT molecular complexity index is 1280. The average Bonchev–Trinajstić information content (AvgIpc) is 3.31. The van der Waals surface area contributed by atoms with Crippen LogP contribution in [0, 0.1) is 5.92 Å². The van der Waals surface area contributed by atoms with E-state index in [-0.39, 0.29) is 11.6 Å². The largest absolute Gasteiger partial charge is 0.312 e. The minimum absolute atomic E-state index is 0.0707. The molecule has 0 amide bonds. The van der Waals surface area contributed by atoms with Crippen molar-refractivity contribution in [3.05, 3.63) is 106 Å². The van der Waals surface area contributed by atoms with Gasteiger partial charge in [-0.2, -0.15) is 4.68 Å². The van der Waals surface area contributed by atoms with E-state index in [1.54, 1.807) is 6.07 Å². The quantitative estimate of drug-likeness (QED) is 0.504. The van der Waals surface area contributed by atoms with Crippen molar-refractivity contribution in [3.63, 3.8) is 0 Å². The van der Waals surface area contributed by atoms with E-state index in [9.17, 15) is 4.79 Å². The fraction of sp³-hybridized carbons (Fsp3) is 0.280. The number of piperidine rings is 1. The highest BCUT2D eigenvalue weighted by atomic mass is 16.1. The molecule has 2 aromatic heterocycles. The first-order valence-electron chi connectivity index (χ1n) is 11.1. The lowest BCUT2D eigenvalue weighted by Gasteiger charge is -2.45. The molecule has 4 heterocycles. The predicted octanol–water partition coefficient (Wildman–Crippen LogP) is 3.03. The number of rotatable bonds is 4. The number of likely N-dealkylation sites (tertiary alicyclic amines) is 1. The Morgan fingerprint density at radius 3 is 2.44 bits per heavy atom. The number of hydrogen-bond acceptors (Lipinski definition) is 5. The molecular weight excluding hydrogens is 400 g/mol. The minimum Gasteiger partial charge on any atom is -0.312 e. The van der Waals surface area contributed by atoms with E-state index >= 15 is 0 Å². The molecular formula is C25H24N6O. The topological polar surface area (TPSA) is 68.8 Å². The molecule has 6 rings (SSSR count). The van der Waals surface area contributed by atoms with Gasteiger partial charge in [-0.3, -0.25) is 9.69 Å². The van der Waals surface area contributed by atoms with Crippen LogP contribution in [-0.4, -0.2) is 42.8 Å². The van der Waals surface area contributed by atoms with Crippen molar-refractivity contribution in [3.8, 4) is 5.69 Å². The highest BCUT2D eigenvalue weighted by molar-refractivity contribution is 5.34. The maximum Gasteiger partial charge on any atom is 0.250 e. The SMILES string of the molecule is O=c1cccc2n1C[C@H]1C[C@H]2CN(C(c2ccccc2)c2nnnn2-c2ccccc2)C1. The molecule has 0 spiro atoms. The molecule has 7 heteroatoms. The van der Waals surface area contributed by atoms with Crippen LogP contribution in [0.3, 0.4) is 0 Å². The lowest BCUT2D eigenvalue weighted by Crippen LogP contribution is -2.48. The number of pyridine rings is 1. The molecule has 4 aromatic rings. The van der Waals surface area contributed by atoms with Crippen LogP contribution in [0.5, 0.6) is 0 Å². The van der Waals surface area contributed by atoms with Gasteiger partial charge in [0.1, 0.15) is 0 Å².